The molecule has 87 heavy (non-hydrogen) atoms. The Balaban J connectivity index is 1.65. The minimum atomic E-state index is -2.01. The van der Waals surface area contributed by atoms with Crippen LogP contribution in [0.2, 0.25) is 0 Å². The van der Waals surface area contributed by atoms with Crippen LogP contribution in [0.3, 0.4) is 0 Å². The Morgan fingerprint density at radius 3 is 1.24 bits per heavy atom. The first kappa shape index (κ1) is 79.5. The number of carbonyl (C=O) groups is 2. The molecule has 19 atom stereocenters. The van der Waals surface area contributed by atoms with Crippen molar-refractivity contribution in [2.24, 2.45) is 0 Å². The van der Waals surface area contributed by atoms with Crippen LogP contribution in [0.25, 0.3) is 0 Å². The SMILES string of the molecule is CCCCCCCCCCCCCCCCCCCCCCC(O)C(=O)NC(COC1OC(COC2OC(CO)C(O)C(O)C2NC(C)=O)C(O)C(O)C1OC1OC(CO)C(O)C(O)C1O)C(O)C(O)CCCCCCCCCCCCCCCCC. The third kappa shape index (κ3) is 31.1. The molecule has 0 aliphatic carbocycles. The molecule has 14 N–H and O–H groups in total. The second-order valence-electron chi connectivity index (χ2n) is 25.4. The molecule has 3 aliphatic heterocycles. The zero-order valence-electron chi connectivity index (χ0n) is 53.6. The first-order valence-corrected chi connectivity index (χ1v) is 34.5. The van der Waals surface area contributed by atoms with Crippen LogP contribution in [-0.2, 0) is 38.0 Å². The number of nitrogens with one attached hydrogen (secondary N) is 2. The maximum absolute atomic E-state index is 13.8. The minimum absolute atomic E-state index is 0.130. The Kier molecular flexibility index (Phi) is 43.9. The fraction of sp³-hybridized carbons (Fsp3) is 0.969. The number of amides is 2. The molecule has 0 aromatic heterocycles. The van der Waals surface area contributed by atoms with Gasteiger partial charge in [-0.1, -0.05) is 239 Å². The van der Waals surface area contributed by atoms with Crippen molar-refractivity contribution in [3.63, 3.8) is 0 Å². The highest BCUT2D eigenvalue weighted by Crippen LogP contribution is 2.32. The number of ether oxygens (including phenoxy) is 6. The molecule has 3 heterocycles. The summed E-state index contributed by atoms with van der Waals surface area (Å²) in [7, 11) is 0. The van der Waals surface area contributed by atoms with Crippen molar-refractivity contribution >= 4 is 11.8 Å². The maximum atomic E-state index is 13.8. The van der Waals surface area contributed by atoms with E-state index in [2.05, 4.69) is 24.5 Å². The molecule has 0 aromatic rings. The predicted octanol–water partition coefficient (Wildman–Crippen LogP) is 5.64. The molecule has 0 radical (unpaired) electrons. The van der Waals surface area contributed by atoms with Crippen LogP contribution in [0.4, 0.5) is 0 Å². The van der Waals surface area contributed by atoms with Gasteiger partial charge in [0.05, 0.1) is 38.6 Å². The van der Waals surface area contributed by atoms with E-state index in [1.54, 1.807) is 0 Å². The van der Waals surface area contributed by atoms with E-state index in [1.807, 2.05) is 0 Å². The van der Waals surface area contributed by atoms with Crippen LogP contribution in [0.5, 0.6) is 0 Å². The average molecular weight is 1250 g/mol. The highest BCUT2D eigenvalue weighted by Gasteiger charge is 2.52. The van der Waals surface area contributed by atoms with Crippen LogP contribution in [0.15, 0.2) is 0 Å². The van der Waals surface area contributed by atoms with Gasteiger partial charge in [0.25, 0.3) is 0 Å². The smallest absolute Gasteiger partial charge is 0.249 e. The lowest BCUT2D eigenvalue weighted by Gasteiger charge is -2.47. The van der Waals surface area contributed by atoms with Gasteiger partial charge in [0, 0.05) is 6.92 Å². The van der Waals surface area contributed by atoms with Crippen molar-refractivity contribution in [1.29, 1.82) is 0 Å². The number of hydrogen-bond acceptors (Lipinski definition) is 20. The van der Waals surface area contributed by atoms with Gasteiger partial charge in [-0.25, -0.2) is 0 Å². The van der Waals surface area contributed by atoms with E-state index >= 15 is 0 Å². The molecule has 22 heteroatoms. The Morgan fingerprint density at radius 2 is 0.816 bits per heavy atom. The van der Waals surface area contributed by atoms with E-state index in [4.69, 9.17) is 28.4 Å². The second-order valence-corrected chi connectivity index (χ2v) is 25.4. The molecule has 0 spiro atoms. The zero-order chi connectivity index (χ0) is 63.8. The summed E-state index contributed by atoms with van der Waals surface area (Å²) in [5.74, 6) is -1.47. The number of carbonyl (C=O) groups excluding carboxylic acids is 2. The van der Waals surface area contributed by atoms with Crippen LogP contribution in [-0.4, -0.2) is 216 Å². The van der Waals surface area contributed by atoms with Crippen molar-refractivity contribution in [3.8, 4) is 0 Å². The van der Waals surface area contributed by atoms with Crippen molar-refractivity contribution in [3.05, 3.63) is 0 Å². The van der Waals surface area contributed by atoms with E-state index < -0.39 is 155 Å². The van der Waals surface area contributed by atoms with Gasteiger partial charge in [-0.15, -0.1) is 0 Å². The average Bonchev–Trinajstić information content (AvgIpc) is 1.51. The van der Waals surface area contributed by atoms with Gasteiger partial charge in [0.15, 0.2) is 18.9 Å². The largest absolute Gasteiger partial charge is 0.394 e. The fourth-order valence-electron chi connectivity index (χ4n) is 12.1. The van der Waals surface area contributed by atoms with Crippen molar-refractivity contribution in [2.75, 3.05) is 26.4 Å². The maximum Gasteiger partial charge on any atom is 0.249 e. The molecular formula is C65H124N2O20. The summed E-state index contributed by atoms with van der Waals surface area (Å²) < 4.78 is 35.3. The molecule has 22 nitrogen and oxygen atoms in total. The van der Waals surface area contributed by atoms with Crippen molar-refractivity contribution < 1.29 is 99.3 Å². The molecule has 0 aromatic carbocycles. The monoisotopic (exact) mass is 1250 g/mol. The van der Waals surface area contributed by atoms with E-state index in [0.717, 1.165) is 58.3 Å². The molecule has 3 fully saturated rings. The van der Waals surface area contributed by atoms with Gasteiger partial charge in [0.1, 0.15) is 85.4 Å². The standard InChI is InChI=1S/C65H124N2O20/c1-4-6-8-10-12-14-16-18-20-21-22-23-24-26-28-30-32-34-36-38-40-48(72)62(81)67-46(53(73)47(71)39-37-35-33-31-29-27-25-19-17-15-13-11-9-7-5-2)43-82-65-61(87-64-60(80)58(78)55(75)50(42-69)85-64)59(79)56(76)51(86-65)44-83-63-52(66-45(3)70)57(77)54(74)49(41-68)84-63/h46-61,63-65,68-69,71-80H,4-44H2,1-3H3,(H,66,70)(H,67,81). The molecule has 0 saturated carbocycles. The first-order valence-electron chi connectivity index (χ1n) is 34.5. The number of aliphatic hydroxyl groups is 12. The number of unbranched alkanes of at least 4 members (excludes halogenated alkanes) is 33. The first-order chi connectivity index (χ1) is 42.0. The van der Waals surface area contributed by atoms with Gasteiger partial charge in [-0.2, -0.15) is 0 Å². The van der Waals surface area contributed by atoms with Gasteiger partial charge in [-0.05, 0) is 12.8 Å². The summed E-state index contributed by atoms with van der Waals surface area (Å²) in [4.78, 5) is 25.9. The van der Waals surface area contributed by atoms with E-state index in [9.17, 15) is 70.9 Å². The number of aliphatic hydroxyl groups excluding tert-OH is 12. The van der Waals surface area contributed by atoms with Gasteiger partial charge >= 0.3 is 0 Å². The third-order valence-corrected chi connectivity index (χ3v) is 17.8. The Morgan fingerprint density at radius 1 is 0.437 bits per heavy atom. The topological polar surface area (TPSA) is 356 Å². The van der Waals surface area contributed by atoms with Crippen LogP contribution < -0.4 is 10.6 Å². The van der Waals surface area contributed by atoms with E-state index in [-0.39, 0.29) is 12.8 Å². The van der Waals surface area contributed by atoms with E-state index in [1.165, 1.54) is 161 Å². The lowest BCUT2D eigenvalue weighted by molar-refractivity contribution is -0.371. The predicted molar refractivity (Wildman–Crippen MR) is 329 cm³/mol. The fourth-order valence-corrected chi connectivity index (χ4v) is 12.1. The lowest BCUT2D eigenvalue weighted by Crippen LogP contribution is -2.66. The Labute approximate surface area is 521 Å². The van der Waals surface area contributed by atoms with Crippen LogP contribution in [0.1, 0.15) is 258 Å². The van der Waals surface area contributed by atoms with Gasteiger partial charge in [-0.3, -0.25) is 9.59 Å². The summed E-state index contributed by atoms with van der Waals surface area (Å²) >= 11 is 0. The zero-order valence-corrected chi connectivity index (χ0v) is 53.6. The Bertz CT molecular complexity index is 1690. The molecule has 3 rings (SSSR count). The molecule has 3 saturated heterocycles. The molecule has 514 valence electrons. The van der Waals surface area contributed by atoms with Gasteiger partial charge < -0.3 is 100 Å². The summed E-state index contributed by atoms with van der Waals surface area (Å²) in [5, 5.41) is 136. The summed E-state index contributed by atoms with van der Waals surface area (Å²) in [6.07, 6.45) is 12.7. The summed E-state index contributed by atoms with van der Waals surface area (Å²) in [6.45, 7) is 2.69. The van der Waals surface area contributed by atoms with Crippen molar-refractivity contribution in [1.82, 2.24) is 10.6 Å². The molecule has 3 aliphatic rings. The number of rotatable bonds is 52. The molecule has 2 amide bonds. The van der Waals surface area contributed by atoms with Gasteiger partial charge in [0.2, 0.25) is 11.8 Å². The second kappa shape index (κ2) is 48.0. The quantitative estimate of drug-likeness (QED) is 0.0328. The highest BCUT2D eigenvalue weighted by atomic mass is 16.8. The van der Waals surface area contributed by atoms with Crippen LogP contribution in [0, 0.1) is 0 Å². The van der Waals surface area contributed by atoms with E-state index in [0.29, 0.717) is 12.8 Å². The molecule has 0 bridgehead atoms. The normalized spacial score (nSPS) is 29.2. The van der Waals surface area contributed by atoms with Crippen LogP contribution >= 0.6 is 0 Å². The molecular weight excluding hydrogens is 1130 g/mol. The summed E-state index contributed by atoms with van der Waals surface area (Å²) in [5.41, 5.74) is 0. The van der Waals surface area contributed by atoms with Crippen molar-refractivity contribution in [2.45, 2.75) is 375 Å². The number of hydrogen-bond donors (Lipinski definition) is 14. The minimum Gasteiger partial charge on any atom is -0.394 e. The third-order valence-electron chi connectivity index (χ3n) is 17.8. The Hall–Kier alpha value is -1.78. The lowest BCUT2D eigenvalue weighted by atomic mass is 9.96. The highest BCUT2D eigenvalue weighted by molar-refractivity contribution is 5.80. The summed E-state index contributed by atoms with van der Waals surface area (Å²) in [6, 6.07) is -2.82. The molecule has 19 unspecified atom stereocenters.